The summed E-state index contributed by atoms with van der Waals surface area (Å²) in [5, 5.41) is 19.9. The highest BCUT2D eigenvalue weighted by atomic mass is 16.5. The van der Waals surface area contributed by atoms with Gasteiger partial charge in [0, 0.05) is 23.0 Å². The number of hydrogen-bond donors (Lipinski definition) is 2. The van der Waals surface area contributed by atoms with Crippen LogP contribution in [-0.2, 0) is 0 Å². The van der Waals surface area contributed by atoms with Crippen LogP contribution in [0.5, 0.6) is 11.5 Å². The van der Waals surface area contributed by atoms with Crippen LogP contribution in [0.1, 0.15) is 29.4 Å². The van der Waals surface area contributed by atoms with Crippen molar-refractivity contribution in [2.45, 2.75) is 30.5 Å². The van der Waals surface area contributed by atoms with Crippen LogP contribution in [0.2, 0.25) is 0 Å². The fourth-order valence-corrected chi connectivity index (χ4v) is 3.32. The number of benzene rings is 1. The molecule has 3 rings (SSSR count). The maximum absolute atomic E-state index is 9.97. The predicted molar refractivity (Wildman–Crippen MR) is 61.7 cm³/mol. The SMILES string of the molecule is COc1ccc(OC)c2c1C1CC2C(O)C1O. The van der Waals surface area contributed by atoms with Crippen LogP contribution in [0.4, 0.5) is 0 Å². The first-order valence-corrected chi connectivity index (χ1v) is 5.80. The summed E-state index contributed by atoms with van der Waals surface area (Å²) in [4.78, 5) is 0. The van der Waals surface area contributed by atoms with Gasteiger partial charge in [0.15, 0.2) is 0 Å². The van der Waals surface area contributed by atoms with Gasteiger partial charge in [-0.05, 0) is 18.6 Å². The third-order valence-corrected chi connectivity index (χ3v) is 4.07. The summed E-state index contributed by atoms with van der Waals surface area (Å²) < 4.78 is 10.7. The van der Waals surface area contributed by atoms with Gasteiger partial charge >= 0.3 is 0 Å². The standard InChI is InChI=1S/C13H16O4/c1-16-8-3-4-9(17-2)11-7-5-6(10(8)11)12(14)13(7)15/h3-4,6-7,12-15H,5H2,1-2H3. The maximum Gasteiger partial charge on any atom is 0.122 e. The molecule has 0 heterocycles. The molecule has 1 aromatic rings. The van der Waals surface area contributed by atoms with E-state index < -0.39 is 12.2 Å². The van der Waals surface area contributed by atoms with Gasteiger partial charge in [-0.2, -0.15) is 0 Å². The second-order valence-electron chi connectivity index (χ2n) is 4.73. The average Bonchev–Trinajstić information content (AvgIpc) is 2.87. The lowest BCUT2D eigenvalue weighted by Crippen LogP contribution is -2.31. The molecule has 0 amide bonds. The van der Waals surface area contributed by atoms with Crippen LogP contribution in [0.3, 0.4) is 0 Å². The Bertz CT molecular complexity index is 416. The summed E-state index contributed by atoms with van der Waals surface area (Å²) in [5.74, 6) is 1.49. The Hall–Kier alpha value is -1.26. The maximum atomic E-state index is 9.97. The monoisotopic (exact) mass is 236 g/mol. The topological polar surface area (TPSA) is 58.9 Å². The second-order valence-corrected chi connectivity index (χ2v) is 4.73. The Kier molecular flexibility index (Phi) is 2.31. The lowest BCUT2D eigenvalue weighted by Gasteiger charge is -2.28. The molecule has 1 saturated carbocycles. The molecule has 0 aromatic heterocycles. The van der Waals surface area contributed by atoms with Crippen molar-refractivity contribution in [3.05, 3.63) is 23.3 Å². The van der Waals surface area contributed by atoms with E-state index in [4.69, 9.17) is 9.47 Å². The molecule has 2 aliphatic rings. The van der Waals surface area contributed by atoms with Crippen molar-refractivity contribution in [1.82, 2.24) is 0 Å². The first-order valence-electron chi connectivity index (χ1n) is 5.80. The molecule has 2 N–H and O–H groups in total. The quantitative estimate of drug-likeness (QED) is 0.804. The summed E-state index contributed by atoms with van der Waals surface area (Å²) in [7, 11) is 3.24. The van der Waals surface area contributed by atoms with Crippen molar-refractivity contribution in [3.8, 4) is 11.5 Å². The van der Waals surface area contributed by atoms with E-state index in [2.05, 4.69) is 0 Å². The lowest BCUT2D eigenvalue weighted by molar-refractivity contribution is 0.0207. The molecule has 4 unspecified atom stereocenters. The van der Waals surface area contributed by atoms with Crippen LogP contribution in [0.25, 0.3) is 0 Å². The van der Waals surface area contributed by atoms with Crippen LogP contribution < -0.4 is 9.47 Å². The molecule has 0 aliphatic heterocycles. The normalized spacial score (nSPS) is 33.6. The van der Waals surface area contributed by atoms with E-state index in [0.29, 0.717) is 0 Å². The Morgan fingerprint density at radius 3 is 1.71 bits per heavy atom. The van der Waals surface area contributed by atoms with E-state index in [-0.39, 0.29) is 11.8 Å². The van der Waals surface area contributed by atoms with Crippen LogP contribution in [0, 0.1) is 0 Å². The van der Waals surface area contributed by atoms with Gasteiger partial charge in [0.25, 0.3) is 0 Å². The molecule has 17 heavy (non-hydrogen) atoms. The number of methoxy groups -OCH3 is 2. The first-order chi connectivity index (χ1) is 8.19. The predicted octanol–water partition coefficient (Wildman–Crippen LogP) is 1.01. The Morgan fingerprint density at radius 1 is 0.941 bits per heavy atom. The summed E-state index contributed by atoms with van der Waals surface area (Å²) in [6.45, 7) is 0. The van der Waals surface area contributed by atoms with Gasteiger partial charge in [0.1, 0.15) is 11.5 Å². The molecule has 2 bridgehead atoms. The molecular weight excluding hydrogens is 220 g/mol. The van der Waals surface area contributed by atoms with Crippen LogP contribution in [-0.4, -0.2) is 36.6 Å². The molecular formula is C13H16O4. The van der Waals surface area contributed by atoms with E-state index in [0.717, 1.165) is 29.0 Å². The second kappa shape index (κ2) is 3.62. The first kappa shape index (κ1) is 10.9. The van der Waals surface area contributed by atoms with Gasteiger partial charge in [-0.3, -0.25) is 0 Å². The van der Waals surface area contributed by atoms with Crippen molar-refractivity contribution in [2.24, 2.45) is 0 Å². The zero-order chi connectivity index (χ0) is 12.2. The van der Waals surface area contributed by atoms with E-state index in [1.165, 1.54) is 0 Å². The summed E-state index contributed by atoms with van der Waals surface area (Å²) in [6, 6.07) is 3.72. The molecule has 0 spiro atoms. The largest absolute Gasteiger partial charge is 0.496 e. The fourth-order valence-electron chi connectivity index (χ4n) is 3.32. The lowest BCUT2D eigenvalue weighted by atomic mass is 9.86. The zero-order valence-corrected chi connectivity index (χ0v) is 9.88. The van der Waals surface area contributed by atoms with Crippen molar-refractivity contribution in [1.29, 1.82) is 0 Å². The summed E-state index contributed by atoms with van der Waals surface area (Å²) in [5.41, 5.74) is 2.02. The number of aliphatic hydroxyl groups excluding tert-OH is 2. The van der Waals surface area contributed by atoms with Crippen molar-refractivity contribution in [3.63, 3.8) is 0 Å². The molecule has 0 saturated heterocycles. The molecule has 4 nitrogen and oxygen atoms in total. The van der Waals surface area contributed by atoms with Crippen LogP contribution in [0.15, 0.2) is 12.1 Å². The van der Waals surface area contributed by atoms with E-state index in [1.807, 2.05) is 12.1 Å². The highest BCUT2D eigenvalue weighted by molar-refractivity contribution is 5.58. The molecule has 4 heteroatoms. The van der Waals surface area contributed by atoms with Gasteiger partial charge in [0.2, 0.25) is 0 Å². The smallest absolute Gasteiger partial charge is 0.122 e. The number of fused-ring (bicyclic) bond motifs is 5. The van der Waals surface area contributed by atoms with Crippen molar-refractivity contribution in [2.75, 3.05) is 14.2 Å². The highest BCUT2D eigenvalue weighted by Gasteiger charge is 2.52. The van der Waals surface area contributed by atoms with E-state index in [9.17, 15) is 10.2 Å². The van der Waals surface area contributed by atoms with Crippen LogP contribution >= 0.6 is 0 Å². The third kappa shape index (κ3) is 1.25. The van der Waals surface area contributed by atoms with Gasteiger partial charge in [-0.15, -0.1) is 0 Å². The number of aliphatic hydroxyl groups is 2. The van der Waals surface area contributed by atoms with Crippen molar-refractivity contribution < 1.29 is 19.7 Å². The summed E-state index contributed by atoms with van der Waals surface area (Å²) >= 11 is 0. The average molecular weight is 236 g/mol. The van der Waals surface area contributed by atoms with Crippen molar-refractivity contribution >= 4 is 0 Å². The number of ether oxygens (including phenoxy) is 2. The van der Waals surface area contributed by atoms with E-state index in [1.54, 1.807) is 14.2 Å². The molecule has 4 atom stereocenters. The minimum absolute atomic E-state index is 0.0324. The minimum atomic E-state index is -0.687. The Balaban J connectivity index is 2.21. The Labute approximate surface area is 99.8 Å². The van der Waals surface area contributed by atoms with Gasteiger partial charge in [-0.25, -0.2) is 0 Å². The van der Waals surface area contributed by atoms with Gasteiger partial charge < -0.3 is 19.7 Å². The minimum Gasteiger partial charge on any atom is -0.496 e. The van der Waals surface area contributed by atoms with Gasteiger partial charge in [0.05, 0.1) is 26.4 Å². The third-order valence-electron chi connectivity index (χ3n) is 4.07. The molecule has 2 aliphatic carbocycles. The highest BCUT2D eigenvalue weighted by Crippen LogP contribution is 2.58. The van der Waals surface area contributed by atoms with E-state index >= 15 is 0 Å². The van der Waals surface area contributed by atoms with Gasteiger partial charge in [-0.1, -0.05) is 0 Å². The molecule has 1 fully saturated rings. The molecule has 1 aromatic carbocycles. The number of hydrogen-bond acceptors (Lipinski definition) is 4. The summed E-state index contributed by atoms with van der Waals surface area (Å²) in [6.07, 6.45) is -0.601. The molecule has 0 radical (unpaired) electrons. The molecule has 92 valence electrons. The fraction of sp³-hybridized carbons (Fsp3) is 0.538. The zero-order valence-electron chi connectivity index (χ0n) is 9.88. The number of rotatable bonds is 2. The Morgan fingerprint density at radius 2 is 1.35 bits per heavy atom.